The number of carbonyl (C=O) groups is 1. The van der Waals surface area contributed by atoms with E-state index in [2.05, 4.69) is 22.5 Å². The molecule has 0 atom stereocenters. The Hall–Kier alpha value is -1.29. The molecule has 1 saturated carbocycles. The van der Waals surface area contributed by atoms with Gasteiger partial charge in [-0.25, -0.2) is 4.98 Å². The maximum absolute atomic E-state index is 11.9. The molecule has 0 aromatic carbocycles. The molecule has 0 bridgehead atoms. The lowest BCUT2D eigenvalue weighted by molar-refractivity contribution is 0.0941. The molecule has 0 saturated heterocycles. The topological polar surface area (TPSA) is 54.0 Å². The highest BCUT2D eigenvalue weighted by Crippen LogP contribution is 2.44. The van der Waals surface area contributed by atoms with Crippen LogP contribution in [-0.4, -0.2) is 24.5 Å². The molecule has 0 radical (unpaired) electrons. The Morgan fingerprint density at radius 1 is 1.53 bits per heavy atom. The zero-order chi connectivity index (χ0) is 12.5. The van der Waals surface area contributed by atoms with E-state index in [4.69, 9.17) is 11.6 Å². The van der Waals surface area contributed by atoms with Crippen molar-refractivity contribution in [2.24, 2.45) is 5.41 Å². The Balaban J connectivity index is 2.06. The van der Waals surface area contributed by atoms with Crippen LogP contribution in [0.25, 0.3) is 0 Å². The SMILES string of the molecule is CNc1ccc(Cl)c(C(=O)NCC2(C)CC2)n1. The van der Waals surface area contributed by atoms with Gasteiger partial charge in [0.1, 0.15) is 11.5 Å². The van der Waals surface area contributed by atoms with E-state index < -0.39 is 0 Å². The van der Waals surface area contributed by atoms with Crippen LogP contribution in [0.1, 0.15) is 30.3 Å². The standard InChI is InChI=1S/C12H16ClN3O/c1-12(5-6-12)7-15-11(17)10-8(13)3-4-9(14-2)16-10/h3-4H,5-7H2,1-2H3,(H,14,16)(H,15,17). The molecule has 0 spiro atoms. The molecule has 0 unspecified atom stereocenters. The van der Waals surface area contributed by atoms with E-state index in [1.165, 1.54) is 12.8 Å². The molecule has 1 aromatic rings. The molecular weight excluding hydrogens is 238 g/mol. The van der Waals surface area contributed by atoms with Crippen LogP contribution < -0.4 is 10.6 Å². The van der Waals surface area contributed by atoms with Crippen LogP contribution in [0.15, 0.2) is 12.1 Å². The Kier molecular flexibility index (Phi) is 3.24. The molecule has 2 N–H and O–H groups in total. The predicted octanol–water partition coefficient (Wildman–Crippen LogP) is 2.31. The summed E-state index contributed by atoms with van der Waals surface area (Å²) in [6.45, 7) is 2.85. The number of nitrogens with one attached hydrogen (secondary N) is 2. The van der Waals surface area contributed by atoms with E-state index >= 15 is 0 Å². The first-order valence-corrected chi connectivity index (χ1v) is 6.04. The summed E-state index contributed by atoms with van der Waals surface area (Å²) in [6.07, 6.45) is 2.34. The normalized spacial score (nSPS) is 16.4. The first-order chi connectivity index (χ1) is 8.04. The van der Waals surface area contributed by atoms with Crippen molar-refractivity contribution in [3.05, 3.63) is 22.8 Å². The van der Waals surface area contributed by atoms with Gasteiger partial charge in [-0.2, -0.15) is 0 Å². The summed E-state index contributed by atoms with van der Waals surface area (Å²) in [4.78, 5) is 16.1. The van der Waals surface area contributed by atoms with Gasteiger partial charge in [0.2, 0.25) is 0 Å². The minimum absolute atomic E-state index is 0.208. The second-order valence-electron chi connectivity index (χ2n) is 4.77. The van der Waals surface area contributed by atoms with Crippen molar-refractivity contribution in [1.29, 1.82) is 0 Å². The van der Waals surface area contributed by atoms with Crippen molar-refractivity contribution < 1.29 is 4.79 Å². The van der Waals surface area contributed by atoms with Gasteiger partial charge < -0.3 is 10.6 Å². The fourth-order valence-electron chi connectivity index (χ4n) is 1.51. The maximum Gasteiger partial charge on any atom is 0.271 e. The van der Waals surface area contributed by atoms with E-state index in [0.29, 0.717) is 17.4 Å². The Morgan fingerprint density at radius 3 is 2.82 bits per heavy atom. The highest BCUT2D eigenvalue weighted by atomic mass is 35.5. The number of nitrogens with zero attached hydrogens (tertiary/aromatic N) is 1. The fourth-order valence-corrected chi connectivity index (χ4v) is 1.70. The third kappa shape index (κ3) is 2.88. The largest absolute Gasteiger partial charge is 0.373 e. The molecule has 17 heavy (non-hydrogen) atoms. The van der Waals surface area contributed by atoms with Crippen molar-refractivity contribution in [2.45, 2.75) is 19.8 Å². The molecule has 1 amide bonds. The van der Waals surface area contributed by atoms with Crippen LogP contribution in [0.4, 0.5) is 5.82 Å². The Bertz CT molecular complexity index is 443. The van der Waals surface area contributed by atoms with Crippen LogP contribution in [0, 0.1) is 5.41 Å². The van der Waals surface area contributed by atoms with Crippen molar-refractivity contribution in [1.82, 2.24) is 10.3 Å². The zero-order valence-electron chi connectivity index (χ0n) is 10.0. The van der Waals surface area contributed by atoms with E-state index in [9.17, 15) is 4.79 Å². The van der Waals surface area contributed by atoms with Gasteiger partial charge in [-0.3, -0.25) is 4.79 Å². The van der Waals surface area contributed by atoms with Crippen LogP contribution in [0.3, 0.4) is 0 Å². The van der Waals surface area contributed by atoms with Crippen molar-refractivity contribution in [3.63, 3.8) is 0 Å². The summed E-state index contributed by atoms with van der Waals surface area (Å²) < 4.78 is 0. The molecule has 5 heteroatoms. The second kappa shape index (κ2) is 4.53. The molecule has 4 nitrogen and oxygen atoms in total. The third-order valence-corrected chi connectivity index (χ3v) is 3.40. The first-order valence-electron chi connectivity index (χ1n) is 5.67. The van der Waals surface area contributed by atoms with Gasteiger partial charge in [-0.05, 0) is 30.4 Å². The van der Waals surface area contributed by atoms with E-state index in [1.54, 1.807) is 19.2 Å². The number of halogens is 1. The predicted molar refractivity (Wildman–Crippen MR) is 68.5 cm³/mol. The minimum atomic E-state index is -0.208. The Labute approximate surface area is 106 Å². The number of aromatic nitrogens is 1. The first kappa shape index (κ1) is 12.2. The molecule has 1 aliphatic carbocycles. The Morgan fingerprint density at radius 2 is 2.24 bits per heavy atom. The lowest BCUT2D eigenvalue weighted by Gasteiger charge is -2.11. The summed E-state index contributed by atoms with van der Waals surface area (Å²) in [7, 11) is 1.75. The average Bonchev–Trinajstić information content (AvgIpc) is 3.06. The summed E-state index contributed by atoms with van der Waals surface area (Å²) in [5, 5.41) is 6.14. The molecular formula is C12H16ClN3O. The van der Waals surface area contributed by atoms with Gasteiger partial charge in [0.05, 0.1) is 5.02 Å². The second-order valence-corrected chi connectivity index (χ2v) is 5.18. The number of rotatable bonds is 4. The number of amides is 1. The average molecular weight is 254 g/mol. The van der Waals surface area contributed by atoms with Crippen LogP contribution >= 0.6 is 11.6 Å². The van der Waals surface area contributed by atoms with Gasteiger partial charge in [0.25, 0.3) is 5.91 Å². The number of hydrogen-bond acceptors (Lipinski definition) is 3. The molecule has 1 heterocycles. The van der Waals surface area contributed by atoms with Crippen molar-refractivity contribution in [2.75, 3.05) is 18.9 Å². The van der Waals surface area contributed by atoms with E-state index in [-0.39, 0.29) is 17.0 Å². The van der Waals surface area contributed by atoms with Gasteiger partial charge in [-0.15, -0.1) is 0 Å². The maximum atomic E-state index is 11.9. The van der Waals surface area contributed by atoms with E-state index in [0.717, 1.165) is 0 Å². The third-order valence-electron chi connectivity index (χ3n) is 3.10. The van der Waals surface area contributed by atoms with Crippen LogP contribution in [0.5, 0.6) is 0 Å². The van der Waals surface area contributed by atoms with E-state index in [1.807, 2.05) is 0 Å². The number of anilines is 1. The molecule has 1 aromatic heterocycles. The highest BCUT2D eigenvalue weighted by molar-refractivity contribution is 6.33. The molecule has 1 fully saturated rings. The minimum Gasteiger partial charge on any atom is -0.373 e. The fraction of sp³-hybridized carbons (Fsp3) is 0.500. The highest BCUT2D eigenvalue weighted by Gasteiger charge is 2.37. The summed E-state index contributed by atoms with van der Waals surface area (Å²) in [6, 6.07) is 3.41. The number of carbonyl (C=O) groups excluding carboxylic acids is 1. The quantitative estimate of drug-likeness (QED) is 0.866. The number of hydrogen-bond donors (Lipinski definition) is 2. The van der Waals surface area contributed by atoms with Gasteiger partial charge in [0.15, 0.2) is 0 Å². The molecule has 92 valence electrons. The van der Waals surface area contributed by atoms with Gasteiger partial charge in [0, 0.05) is 13.6 Å². The summed E-state index contributed by atoms with van der Waals surface area (Å²) >= 11 is 5.96. The van der Waals surface area contributed by atoms with Crippen LogP contribution in [-0.2, 0) is 0 Å². The smallest absolute Gasteiger partial charge is 0.271 e. The van der Waals surface area contributed by atoms with Crippen molar-refractivity contribution in [3.8, 4) is 0 Å². The van der Waals surface area contributed by atoms with Crippen LogP contribution in [0.2, 0.25) is 5.02 Å². The lowest BCUT2D eigenvalue weighted by Crippen LogP contribution is -2.30. The van der Waals surface area contributed by atoms with Crippen molar-refractivity contribution >= 4 is 23.3 Å². The van der Waals surface area contributed by atoms with Gasteiger partial charge >= 0.3 is 0 Å². The lowest BCUT2D eigenvalue weighted by atomic mass is 10.1. The summed E-state index contributed by atoms with van der Waals surface area (Å²) in [5.41, 5.74) is 0.561. The number of pyridine rings is 1. The zero-order valence-corrected chi connectivity index (χ0v) is 10.8. The van der Waals surface area contributed by atoms with Gasteiger partial charge in [-0.1, -0.05) is 18.5 Å². The molecule has 2 rings (SSSR count). The summed E-state index contributed by atoms with van der Waals surface area (Å²) in [5.74, 6) is 0.428. The molecule has 1 aliphatic rings. The molecule has 0 aliphatic heterocycles. The monoisotopic (exact) mass is 253 g/mol.